The van der Waals surface area contributed by atoms with Gasteiger partial charge in [-0.25, -0.2) is 4.39 Å². The molecule has 112 valence electrons. The van der Waals surface area contributed by atoms with Crippen LogP contribution in [0.2, 0.25) is 0 Å². The molecule has 3 nitrogen and oxygen atoms in total. The number of halogens is 1. The van der Waals surface area contributed by atoms with Gasteiger partial charge in [0.25, 0.3) is 0 Å². The lowest BCUT2D eigenvalue weighted by Crippen LogP contribution is -2.35. The Morgan fingerprint density at radius 2 is 1.86 bits per heavy atom. The van der Waals surface area contributed by atoms with Gasteiger partial charge in [-0.3, -0.25) is 0 Å². The van der Waals surface area contributed by atoms with E-state index in [0.717, 1.165) is 5.56 Å². The van der Waals surface area contributed by atoms with Crippen molar-refractivity contribution >= 4 is 0 Å². The van der Waals surface area contributed by atoms with Gasteiger partial charge in [0.2, 0.25) is 0 Å². The van der Waals surface area contributed by atoms with E-state index in [1.165, 1.54) is 12.1 Å². The van der Waals surface area contributed by atoms with Crippen molar-refractivity contribution in [1.82, 2.24) is 0 Å². The Labute approximate surface area is 124 Å². The second kappa shape index (κ2) is 6.70. The minimum absolute atomic E-state index is 0.304. The monoisotopic (exact) mass is 289 g/mol. The van der Waals surface area contributed by atoms with Gasteiger partial charge in [0.05, 0.1) is 12.1 Å². The summed E-state index contributed by atoms with van der Waals surface area (Å²) in [7, 11) is 1.62. The van der Waals surface area contributed by atoms with Gasteiger partial charge in [-0.15, -0.1) is 0 Å². The number of hydrogen-bond acceptors (Lipinski definition) is 3. The first-order chi connectivity index (χ1) is 10.1. The second-order valence-corrected chi connectivity index (χ2v) is 5.05. The molecule has 0 aliphatic heterocycles. The van der Waals surface area contributed by atoms with Crippen molar-refractivity contribution in [2.24, 2.45) is 5.73 Å². The van der Waals surface area contributed by atoms with Crippen LogP contribution >= 0.6 is 0 Å². The molecular formula is C17H20FNO2. The van der Waals surface area contributed by atoms with Crippen LogP contribution in [-0.4, -0.2) is 20.3 Å². The van der Waals surface area contributed by atoms with Crippen molar-refractivity contribution < 1.29 is 13.9 Å². The first-order valence-corrected chi connectivity index (χ1v) is 6.82. The predicted molar refractivity (Wildman–Crippen MR) is 80.9 cm³/mol. The summed E-state index contributed by atoms with van der Waals surface area (Å²) in [5.74, 6) is 0.380. The number of methoxy groups -OCH3 is 1. The van der Waals surface area contributed by atoms with Crippen molar-refractivity contribution in [3.05, 3.63) is 65.5 Å². The highest BCUT2D eigenvalue weighted by molar-refractivity contribution is 5.45. The average Bonchev–Trinajstić information content (AvgIpc) is 2.48. The topological polar surface area (TPSA) is 44.5 Å². The zero-order valence-electron chi connectivity index (χ0n) is 12.3. The van der Waals surface area contributed by atoms with E-state index in [-0.39, 0.29) is 5.82 Å². The van der Waals surface area contributed by atoms with Crippen LogP contribution in [0.4, 0.5) is 4.39 Å². The highest BCUT2D eigenvalue weighted by Gasteiger charge is 2.27. The molecule has 2 N–H and O–H groups in total. The van der Waals surface area contributed by atoms with Crippen molar-refractivity contribution in [3.63, 3.8) is 0 Å². The van der Waals surface area contributed by atoms with Gasteiger partial charge in [0.15, 0.2) is 0 Å². The summed E-state index contributed by atoms with van der Waals surface area (Å²) in [6, 6.07) is 13.9. The smallest absolute Gasteiger partial charge is 0.124 e. The van der Waals surface area contributed by atoms with Crippen LogP contribution in [0.1, 0.15) is 18.1 Å². The molecule has 2 aromatic rings. The first kappa shape index (κ1) is 15.5. The predicted octanol–water partition coefficient (Wildman–Crippen LogP) is 3.07. The van der Waals surface area contributed by atoms with Gasteiger partial charge < -0.3 is 15.2 Å². The quantitative estimate of drug-likeness (QED) is 0.831. The molecule has 0 saturated carbocycles. The summed E-state index contributed by atoms with van der Waals surface area (Å²) < 4.78 is 24.2. The van der Waals surface area contributed by atoms with E-state index in [2.05, 4.69) is 0 Å². The lowest BCUT2D eigenvalue weighted by molar-refractivity contribution is 0.145. The summed E-state index contributed by atoms with van der Waals surface area (Å²) in [6.07, 6.45) is 0. The normalized spacial score (nSPS) is 13.7. The Balaban J connectivity index is 2.35. The highest BCUT2D eigenvalue weighted by atomic mass is 19.1. The summed E-state index contributed by atoms with van der Waals surface area (Å²) in [4.78, 5) is 0. The van der Waals surface area contributed by atoms with Gasteiger partial charge in [0.1, 0.15) is 18.2 Å². The molecule has 2 aromatic carbocycles. The summed E-state index contributed by atoms with van der Waals surface area (Å²) >= 11 is 0. The van der Waals surface area contributed by atoms with Crippen molar-refractivity contribution in [3.8, 4) is 5.75 Å². The van der Waals surface area contributed by atoms with Crippen LogP contribution in [0.3, 0.4) is 0 Å². The molecule has 21 heavy (non-hydrogen) atoms. The lowest BCUT2D eigenvalue weighted by Gasteiger charge is -2.28. The minimum atomic E-state index is -0.842. The number of hydrogen-bond donors (Lipinski definition) is 1. The van der Waals surface area contributed by atoms with E-state index in [4.69, 9.17) is 15.2 Å². The van der Waals surface area contributed by atoms with Crippen molar-refractivity contribution in [2.75, 3.05) is 20.3 Å². The minimum Gasteiger partial charge on any atom is -0.491 e. The van der Waals surface area contributed by atoms with E-state index >= 15 is 0 Å². The molecule has 0 aromatic heterocycles. The van der Waals surface area contributed by atoms with Gasteiger partial charge in [-0.05, 0) is 30.7 Å². The van der Waals surface area contributed by atoms with Crippen LogP contribution in [0, 0.1) is 5.82 Å². The number of rotatable bonds is 6. The average molecular weight is 289 g/mol. The Kier molecular flexibility index (Phi) is 4.94. The molecule has 0 heterocycles. The molecule has 0 amide bonds. The standard InChI is InChI=1S/C17H20FNO2/c1-17(19,13-6-5-7-14(18)12-13)15-8-3-4-9-16(15)21-11-10-20-2/h3-9,12H,10-11,19H2,1-2H3. The second-order valence-electron chi connectivity index (χ2n) is 5.05. The van der Waals surface area contributed by atoms with E-state index in [9.17, 15) is 4.39 Å². The van der Waals surface area contributed by atoms with Gasteiger partial charge >= 0.3 is 0 Å². The molecule has 0 aliphatic rings. The molecule has 0 fully saturated rings. The van der Waals surface area contributed by atoms with Crippen LogP contribution in [0.25, 0.3) is 0 Å². The van der Waals surface area contributed by atoms with E-state index in [0.29, 0.717) is 24.5 Å². The third-order valence-corrected chi connectivity index (χ3v) is 3.42. The van der Waals surface area contributed by atoms with E-state index in [1.54, 1.807) is 13.2 Å². The van der Waals surface area contributed by atoms with Crippen molar-refractivity contribution in [1.29, 1.82) is 0 Å². The molecule has 2 rings (SSSR count). The van der Waals surface area contributed by atoms with Gasteiger partial charge in [-0.2, -0.15) is 0 Å². The highest BCUT2D eigenvalue weighted by Crippen LogP contribution is 2.33. The first-order valence-electron chi connectivity index (χ1n) is 6.82. The molecule has 0 aliphatic carbocycles. The number of para-hydroxylation sites is 1. The van der Waals surface area contributed by atoms with Crippen LogP contribution in [0.15, 0.2) is 48.5 Å². The summed E-state index contributed by atoms with van der Waals surface area (Å²) in [6.45, 7) is 2.78. The molecule has 0 bridgehead atoms. The van der Waals surface area contributed by atoms with Crippen LogP contribution in [-0.2, 0) is 10.3 Å². The Bertz CT molecular complexity index is 599. The van der Waals surface area contributed by atoms with E-state index in [1.807, 2.05) is 37.3 Å². The maximum absolute atomic E-state index is 13.5. The Hall–Kier alpha value is -1.91. The van der Waals surface area contributed by atoms with Crippen molar-refractivity contribution in [2.45, 2.75) is 12.5 Å². The third kappa shape index (κ3) is 3.60. The maximum atomic E-state index is 13.5. The summed E-state index contributed by atoms with van der Waals surface area (Å²) in [5.41, 5.74) is 7.12. The van der Waals surface area contributed by atoms with Crippen LogP contribution < -0.4 is 10.5 Å². The molecular weight excluding hydrogens is 269 g/mol. The summed E-state index contributed by atoms with van der Waals surface area (Å²) in [5, 5.41) is 0. The fraction of sp³-hybridized carbons (Fsp3) is 0.294. The zero-order chi connectivity index (χ0) is 15.3. The number of benzene rings is 2. The van der Waals surface area contributed by atoms with Gasteiger partial charge in [-0.1, -0.05) is 30.3 Å². The number of ether oxygens (including phenoxy) is 2. The Morgan fingerprint density at radius 3 is 2.57 bits per heavy atom. The molecule has 0 spiro atoms. The fourth-order valence-corrected chi connectivity index (χ4v) is 2.22. The number of nitrogens with two attached hydrogens (primary N) is 1. The molecule has 1 unspecified atom stereocenters. The molecule has 1 atom stereocenters. The largest absolute Gasteiger partial charge is 0.491 e. The molecule has 4 heteroatoms. The fourth-order valence-electron chi connectivity index (χ4n) is 2.22. The SMILES string of the molecule is COCCOc1ccccc1C(C)(N)c1cccc(F)c1. The molecule has 0 radical (unpaired) electrons. The van der Waals surface area contributed by atoms with Gasteiger partial charge in [0, 0.05) is 12.7 Å². The van der Waals surface area contributed by atoms with E-state index < -0.39 is 5.54 Å². The Morgan fingerprint density at radius 1 is 1.10 bits per heavy atom. The zero-order valence-corrected chi connectivity index (χ0v) is 12.3. The third-order valence-electron chi connectivity index (χ3n) is 3.42. The molecule has 0 saturated heterocycles. The lowest BCUT2D eigenvalue weighted by atomic mass is 9.85. The van der Waals surface area contributed by atoms with Crippen LogP contribution in [0.5, 0.6) is 5.75 Å². The maximum Gasteiger partial charge on any atom is 0.124 e.